The van der Waals surface area contributed by atoms with Gasteiger partial charge in [-0.3, -0.25) is 4.79 Å². The van der Waals surface area contributed by atoms with Gasteiger partial charge in [-0.2, -0.15) is 5.26 Å². The van der Waals surface area contributed by atoms with Crippen molar-refractivity contribution in [3.63, 3.8) is 0 Å². The molecule has 146 valence electrons. The molecule has 0 spiro atoms. The lowest BCUT2D eigenvalue weighted by atomic mass is 10.0. The SMILES string of the molecule is CC(N[S+]([O-])C(C)(C)C)c1ccc2c(c1)CCN2C(=O)c1cccc(C#N)c1. The van der Waals surface area contributed by atoms with Crippen LogP contribution in [-0.4, -0.2) is 21.8 Å². The first-order chi connectivity index (χ1) is 13.2. The topological polar surface area (TPSA) is 79.2 Å². The van der Waals surface area contributed by atoms with Crippen molar-refractivity contribution in [2.45, 2.75) is 44.9 Å². The number of nitrogens with one attached hydrogen (secondary N) is 1. The van der Waals surface area contributed by atoms with E-state index < -0.39 is 11.4 Å². The molecule has 1 aliphatic rings. The number of hydrogen-bond donors (Lipinski definition) is 1. The molecule has 0 saturated heterocycles. The molecule has 0 saturated carbocycles. The largest absolute Gasteiger partial charge is 0.598 e. The molecule has 2 aromatic carbocycles. The molecular formula is C22H25N3O2S. The molecule has 1 N–H and O–H groups in total. The quantitative estimate of drug-likeness (QED) is 0.797. The summed E-state index contributed by atoms with van der Waals surface area (Å²) in [5.41, 5.74) is 4.06. The first kappa shape index (κ1) is 20.4. The molecule has 28 heavy (non-hydrogen) atoms. The van der Waals surface area contributed by atoms with E-state index in [1.165, 1.54) is 0 Å². The van der Waals surface area contributed by atoms with Gasteiger partial charge in [-0.1, -0.05) is 18.2 Å². The van der Waals surface area contributed by atoms with Gasteiger partial charge in [0.2, 0.25) is 0 Å². The van der Waals surface area contributed by atoms with Gasteiger partial charge in [-0.25, -0.2) is 0 Å². The predicted molar refractivity (Wildman–Crippen MR) is 112 cm³/mol. The van der Waals surface area contributed by atoms with Crippen molar-refractivity contribution in [1.29, 1.82) is 5.26 Å². The number of hydrogen-bond acceptors (Lipinski definition) is 4. The van der Waals surface area contributed by atoms with E-state index >= 15 is 0 Å². The molecular weight excluding hydrogens is 370 g/mol. The lowest BCUT2D eigenvalue weighted by Gasteiger charge is -2.27. The van der Waals surface area contributed by atoms with Gasteiger partial charge in [0.1, 0.15) is 4.75 Å². The van der Waals surface area contributed by atoms with Crippen molar-refractivity contribution in [3.8, 4) is 6.07 Å². The van der Waals surface area contributed by atoms with Crippen molar-refractivity contribution >= 4 is 23.0 Å². The Morgan fingerprint density at radius 1 is 1.29 bits per heavy atom. The average molecular weight is 396 g/mol. The van der Waals surface area contributed by atoms with Crippen LogP contribution in [0.4, 0.5) is 5.69 Å². The van der Waals surface area contributed by atoms with Crippen LogP contribution in [0.25, 0.3) is 0 Å². The summed E-state index contributed by atoms with van der Waals surface area (Å²) in [7, 11) is 0. The Balaban J connectivity index is 1.79. The highest BCUT2D eigenvalue weighted by molar-refractivity contribution is 7.90. The fraction of sp³-hybridized carbons (Fsp3) is 0.364. The summed E-state index contributed by atoms with van der Waals surface area (Å²) in [5.74, 6) is -0.0939. The highest BCUT2D eigenvalue weighted by atomic mass is 32.2. The fourth-order valence-corrected chi connectivity index (χ4v) is 4.00. The van der Waals surface area contributed by atoms with E-state index in [1.807, 2.05) is 39.8 Å². The Morgan fingerprint density at radius 2 is 2.04 bits per heavy atom. The minimum absolute atomic E-state index is 0.0533. The Hall–Kier alpha value is -2.33. The molecule has 1 heterocycles. The average Bonchev–Trinajstić information content (AvgIpc) is 3.09. The van der Waals surface area contributed by atoms with E-state index in [-0.39, 0.29) is 16.7 Å². The zero-order chi connectivity index (χ0) is 20.5. The monoisotopic (exact) mass is 395 g/mol. The molecule has 0 aliphatic carbocycles. The standard InChI is InChI=1S/C22H25N3O2S/c1-15(24-28(27)22(2,3)4)17-8-9-20-18(13-17)10-11-25(20)21(26)19-7-5-6-16(12-19)14-23/h5-9,12-13,15,24H,10-11H2,1-4H3. The predicted octanol–water partition coefficient (Wildman–Crippen LogP) is 3.87. The zero-order valence-electron chi connectivity index (χ0n) is 16.7. The van der Waals surface area contributed by atoms with E-state index in [9.17, 15) is 9.35 Å². The Labute approximate surface area is 169 Å². The molecule has 0 bridgehead atoms. The van der Waals surface area contributed by atoms with Crippen molar-refractivity contribution in [2.24, 2.45) is 0 Å². The number of benzene rings is 2. The smallest absolute Gasteiger partial charge is 0.258 e. The second kappa shape index (κ2) is 7.96. The zero-order valence-corrected chi connectivity index (χ0v) is 17.5. The van der Waals surface area contributed by atoms with E-state index in [0.717, 1.165) is 23.2 Å². The Bertz CT molecular complexity index is 930. The third-order valence-electron chi connectivity index (χ3n) is 4.82. The summed E-state index contributed by atoms with van der Waals surface area (Å²) in [6.07, 6.45) is 0.780. The van der Waals surface area contributed by atoms with Crippen LogP contribution in [0, 0.1) is 11.3 Å². The lowest BCUT2D eigenvalue weighted by Crippen LogP contribution is -2.40. The van der Waals surface area contributed by atoms with E-state index in [4.69, 9.17) is 5.26 Å². The molecule has 2 unspecified atom stereocenters. The van der Waals surface area contributed by atoms with Crippen molar-refractivity contribution < 1.29 is 9.35 Å². The number of amides is 1. The fourth-order valence-electron chi connectivity index (χ4n) is 3.18. The maximum absolute atomic E-state index is 12.9. The summed E-state index contributed by atoms with van der Waals surface area (Å²) in [6.45, 7) is 8.43. The van der Waals surface area contributed by atoms with E-state index in [0.29, 0.717) is 17.7 Å². The molecule has 2 atom stereocenters. The minimum atomic E-state index is -1.15. The number of rotatable bonds is 4. The molecule has 0 radical (unpaired) electrons. The first-order valence-corrected chi connectivity index (χ1v) is 10.5. The second-order valence-corrected chi connectivity index (χ2v) is 10.0. The summed E-state index contributed by atoms with van der Waals surface area (Å²) < 4.78 is 15.2. The third kappa shape index (κ3) is 4.22. The number of nitrogens with zero attached hydrogens (tertiary/aromatic N) is 2. The molecule has 0 aromatic heterocycles. The van der Waals surface area contributed by atoms with Crippen LogP contribution in [0.5, 0.6) is 0 Å². The number of carbonyl (C=O) groups is 1. The van der Waals surface area contributed by atoms with Crippen LogP contribution >= 0.6 is 0 Å². The van der Waals surface area contributed by atoms with Gasteiger partial charge >= 0.3 is 0 Å². The minimum Gasteiger partial charge on any atom is -0.598 e. The molecule has 1 amide bonds. The van der Waals surface area contributed by atoms with Crippen LogP contribution in [0.1, 0.15) is 60.8 Å². The van der Waals surface area contributed by atoms with Crippen molar-refractivity contribution in [1.82, 2.24) is 4.72 Å². The number of nitriles is 1. The van der Waals surface area contributed by atoms with E-state index in [1.54, 1.807) is 29.2 Å². The van der Waals surface area contributed by atoms with Crippen LogP contribution in [0.3, 0.4) is 0 Å². The van der Waals surface area contributed by atoms with Gasteiger partial charge in [-0.15, -0.1) is 4.72 Å². The van der Waals surface area contributed by atoms with Crippen molar-refractivity contribution in [3.05, 3.63) is 64.7 Å². The molecule has 0 fully saturated rings. The number of carbonyl (C=O) groups excluding carboxylic acids is 1. The first-order valence-electron chi connectivity index (χ1n) is 9.33. The molecule has 5 nitrogen and oxygen atoms in total. The number of anilines is 1. The highest BCUT2D eigenvalue weighted by Gasteiger charge is 2.30. The summed E-state index contributed by atoms with van der Waals surface area (Å²) >= 11 is -1.15. The lowest BCUT2D eigenvalue weighted by molar-refractivity contribution is 0.0989. The maximum atomic E-state index is 12.9. The molecule has 2 aromatic rings. The number of fused-ring (bicyclic) bond motifs is 1. The summed E-state index contributed by atoms with van der Waals surface area (Å²) in [6, 6.07) is 14.8. The summed E-state index contributed by atoms with van der Waals surface area (Å²) in [5, 5.41) is 9.06. The van der Waals surface area contributed by atoms with Gasteiger partial charge in [0.15, 0.2) is 0 Å². The Morgan fingerprint density at radius 3 is 2.71 bits per heavy atom. The van der Waals surface area contributed by atoms with E-state index in [2.05, 4.69) is 16.9 Å². The van der Waals surface area contributed by atoms with Crippen LogP contribution in [-0.2, 0) is 17.8 Å². The normalized spacial score (nSPS) is 15.6. The molecule has 6 heteroatoms. The summed E-state index contributed by atoms with van der Waals surface area (Å²) in [4.78, 5) is 14.7. The molecule has 3 rings (SSSR count). The Kier molecular flexibility index (Phi) is 5.80. The highest BCUT2D eigenvalue weighted by Crippen LogP contribution is 2.32. The van der Waals surface area contributed by atoms with Crippen LogP contribution < -0.4 is 9.62 Å². The van der Waals surface area contributed by atoms with Gasteiger partial charge in [0.25, 0.3) is 5.91 Å². The van der Waals surface area contributed by atoms with Gasteiger partial charge in [-0.05, 0) is 69.5 Å². The van der Waals surface area contributed by atoms with Gasteiger partial charge in [0.05, 0.1) is 17.7 Å². The molecule has 1 aliphatic heterocycles. The third-order valence-corrected chi connectivity index (χ3v) is 6.50. The van der Waals surface area contributed by atoms with Crippen LogP contribution in [0.15, 0.2) is 42.5 Å². The van der Waals surface area contributed by atoms with Crippen LogP contribution in [0.2, 0.25) is 0 Å². The van der Waals surface area contributed by atoms with Gasteiger partial charge < -0.3 is 9.45 Å². The van der Waals surface area contributed by atoms with Crippen molar-refractivity contribution in [2.75, 3.05) is 11.4 Å². The van der Waals surface area contributed by atoms with Gasteiger partial charge in [0, 0.05) is 29.2 Å². The second-order valence-electron chi connectivity index (χ2n) is 8.01. The maximum Gasteiger partial charge on any atom is 0.258 e.